The molecular weight excluding hydrogens is 446 g/mol. The molecule has 1 unspecified atom stereocenters. The number of amides is 2. The van der Waals surface area contributed by atoms with Crippen molar-refractivity contribution in [2.75, 3.05) is 20.3 Å². The zero-order valence-electron chi connectivity index (χ0n) is 19.5. The molecular formula is C27H27N3O5. The van der Waals surface area contributed by atoms with Gasteiger partial charge in [-0.25, -0.2) is 0 Å². The summed E-state index contributed by atoms with van der Waals surface area (Å²) >= 11 is 0. The molecule has 1 aromatic heterocycles. The van der Waals surface area contributed by atoms with E-state index >= 15 is 0 Å². The van der Waals surface area contributed by atoms with Crippen LogP contribution in [0, 0.1) is 0 Å². The first-order valence-electron chi connectivity index (χ1n) is 11.8. The van der Waals surface area contributed by atoms with E-state index in [9.17, 15) is 9.59 Å². The van der Waals surface area contributed by atoms with Crippen LogP contribution >= 0.6 is 0 Å². The molecule has 0 bridgehead atoms. The fourth-order valence-electron chi connectivity index (χ4n) is 4.36. The summed E-state index contributed by atoms with van der Waals surface area (Å²) in [5, 5.41) is 5.72. The highest BCUT2D eigenvalue weighted by Gasteiger charge is 2.22. The molecule has 35 heavy (non-hydrogen) atoms. The van der Waals surface area contributed by atoms with Gasteiger partial charge in [0.05, 0.1) is 13.2 Å². The van der Waals surface area contributed by atoms with E-state index < -0.39 is 0 Å². The Labute approximate surface area is 203 Å². The predicted octanol–water partition coefficient (Wildman–Crippen LogP) is 3.68. The van der Waals surface area contributed by atoms with E-state index in [1.165, 1.54) is 5.56 Å². The molecule has 8 heteroatoms. The Bertz CT molecular complexity index is 1260. The Hall–Kier alpha value is -4.07. The van der Waals surface area contributed by atoms with E-state index in [-0.39, 0.29) is 17.9 Å². The first-order chi connectivity index (χ1) is 17.1. The second-order valence-electron chi connectivity index (χ2n) is 8.61. The lowest BCUT2D eigenvalue weighted by atomic mass is 9.88. The van der Waals surface area contributed by atoms with E-state index in [4.69, 9.17) is 14.2 Å². The molecule has 1 atom stereocenters. The first kappa shape index (κ1) is 22.7. The van der Waals surface area contributed by atoms with Crippen molar-refractivity contribution in [1.82, 2.24) is 15.6 Å². The maximum absolute atomic E-state index is 12.9. The van der Waals surface area contributed by atoms with Gasteiger partial charge in [-0.05, 0) is 66.8 Å². The fourth-order valence-corrected chi connectivity index (χ4v) is 4.36. The normalized spacial score (nSPS) is 16.4. The summed E-state index contributed by atoms with van der Waals surface area (Å²) in [6.45, 7) is 1.19. The maximum Gasteiger partial charge on any atom is 0.269 e. The fraction of sp³-hybridized carbons (Fsp3) is 0.296. The van der Waals surface area contributed by atoms with Crippen molar-refractivity contribution in [3.8, 4) is 23.0 Å². The zero-order chi connectivity index (χ0) is 24.2. The van der Waals surface area contributed by atoms with Crippen molar-refractivity contribution >= 4 is 11.8 Å². The predicted molar refractivity (Wildman–Crippen MR) is 129 cm³/mol. The molecule has 0 radical (unpaired) electrons. The standard InChI is InChI=1S/C27H27N3O5/c1-28-27(32)23-16-22(9-10-29-23)35-21-7-4-17-3-6-20(13-19(17)14-21)30-26(31)18-5-8-24-25(15-18)34-12-2-11-33-24/h4-5,7-10,14-16,20H,2-3,6,11-13H2,1H3,(H,28,32)(H,30,31). The van der Waals surface area contributed by atoms with Crippen LogP contribution in [0.1, 0.15) is 44.8 Å². The number of nitrogens with one attached hydrogen (secondary N) is 2. The summed E-state index contributed by atoms with van der Waals surface area (Å²) < 4.78 is 17.4. The van der Waals surface area contributed by atoms with Gasteiger partial charge in [-0.15, -0.1) is 0 Å². The third-order valence-corrected chi connectivity index (χ3v) is 6.18. The Morgan fingerprint density at radius 2 is 1.77 bits per heavy atom. The molecule has 0 spiro atoms. The van der Waals surface area contributed by atoms with Crippen LogP contribution in [0.5, 0.6) is 23.0 Å². The lowest BCUT2D eigenvalue weighted by Crippen LogP contribution is -2.38. The Kier molecular flexibility index (Phi) is 6.52. The van der Waals surface area contributed by atoms with Crippen LogP contribution in [0.2, 0.25) is 0 Å². The maximum atomic E-state index is 12.9. The molecule has 5 rings (SSSR count). The number of aryl methyl sites for hydroxylation is 1. The molecule has 3 aromatic rings. The van der Waals surface area contributed by atoms with Crippen molar-refractivity contribution in [3.63, 3.8) is 0 Å². The molecule has 0 fully saturated rings. The van der Waals surface area contributed by atoms with Gasteiger partial charge in [0.1, 0.15) is 17.2 Å². The number of nitrogens with zero attached hydrogens (tertiary/aromatic N) is 1. The Balaban J connectivity index is 1.26. The molecule has 2 aliphatic rings. The Morgan fingerprint density at radius 1 is 0.943 bits per heavy atom. The summed E-state index contributed by atoms with van der Waals surface area (Å²) in [7, 11) is 1.56. The van der Waals surface area contributed by atoms with Gasteiger partial charge < -0.3 is 24.8 Å². The number of hydrogen-bond donors (Lipinski definition) is 2. The highest BCUT2D eigenvalue weighted by Crippen LogP contribution is 2.31. The summed E-state index contributed by atoms with van der Waals surface area (Å²) in [5.41, 5.74) is 3.24. The number of carbonyl (C=O) groups excluding carboxylic acids is 2. The minimum atomic E-state index is -0.270. The molecule has 1 aliphatic heterocycles. The van der Waals surface area contributed by atoms with E-state index in [0.29, 0.717) is 53.9 Å². The van der Waals surface area contributed by atoms with Crippen LogP contribution in [-0.2, 0) is 12.8 Å². The lowest BCUT2D eigenvalue weighted by Gasteiger charge is -2.26. The topological polar surface area (TPSA) is 98.8 Å². The average Bonchev–Trinajstić information content (AvgIpc) is 3.13. The number of carbonyl (C=O) groups is 2. The van der Waals surface area contributed by atoms with E-state index in [0.717, 1.165) is 24.8 Å². The monoisotopic (exact) mass is 473 g/mol. The van der Waals surface area contributed by atoms with E-state index in [1.807, 2.05) is 12.1 Å². The number of fused-ring (bicyclic) bond motifs is 2. The summed E-state index contributed by atoms with van der Waals surface area (Å²) in [6, 6.07) is 14.6. The van der Waals surface area contributed by atoms with Gasteiger partial charge in [-0.2, -0.15) is 0 Å². The quantitative estimate of drug-likeness (QED) is 0.587. The zero-order valence-corrected chi connectivity index (χ0v) is 19.5. The smallest absolute Gasteiger partial charge is 0.269 e. The highest BCUT2D eigenvalue weighted by atomic mass is 16.5. The number of rotatable bonds is 5. The van der Waals surface area contributed by atoms with Crippen LogP contribution in [0.15, 0.2) is 54.7 Å². The van der Waals surface area contributed by atoms with Crippen LogP contribution < -0.4 is 24.8 Å². The molecule has 2 aromatic carbocycles. The molecule has 0 saturated carbocycles. The Morgan fingerprint density at radius 3 is 2.63 bits per heavy atom. The van der Waals surface area contributed by atoms with Crippen LogP contribution in [0.4, 0.5) is 0 Å². The second-order valence-corrected chi connectivity index (χ2v) is 8.61. The van der Waals surface area contributed by atoms with E-state index in [1.54, 1.807) is 43.6 Å². The number of pyridine rings is 1. The van der Waals surface area contributed by atoms with Crippen LogP contribution in [0.25, 0.3) is 0 Å². The average molecular weight is 474 g/mol. The number of benzene rings is 2. The van der Waals surface area contributed by atoms with Crippen molar-refractivity contribution in [3.05, 3.63) is 77.1 Å². The molecule has 1 aliphatic carbocycles. The van der Waals surface area contributed by atoms with Gasteiger partial charge in [0.2, 0.25) is 0 Å². The van der Waals surface area contributed by atoms with Gasteiger partial charge in [0, 0.05) is 37.3 Å². The molecule has 180 valence electrons. The van der Waals surface area contributed by atoms with Crippen molar-refractivity contribution < 1.29 is 23.8 Å². The van der Waals surface area contributed by atoms with Gasteiger partial charge in [-0.1, -0.05) is 6.07 Å². The lowest BCUT2D eigenvalue weighted by molar-refractivity contribution is 0.0930. The molecule has 2 N–H and O–H groups in total. The summed E-state index contributed by atoms with van der Waals surface area (Å²) in [4.78, 5) is 28.9. The van der Waals surface area contributed by atoms with Gasteiger partial charge in [-0.3, -0.25) is 14.6 Å². The second kappa shape index (κ2) is 10.0. The third kappa shape index (κ3) is 5.21. The number of ether oxygens (including phenoxy) is 3. The largest absolute Gasteiger partial charge is 0.490 e. The minimum Gasteiger partial charge on any atom is -0.490 e. The van der Waals surface area contributed by atoms with Gasteiger partial charge in [0.25, 0.3) is 11.8 Å². The number of aromatic nitrogens is 1. The van der Waals surface area contributed by atoms with Crippen molar-refractivity contribution in [2.24, 2.45) is 0 Å². The summed E-state index contributed by atoms with van der Waals surface area (Å²) in [6.07, 6.45) is 4.81. The van der Waals surface area contributed by atoms with Crippen LogP contribution in [0.3, 0.4) is 0 Å². The van der Waals surface area contributed by atoms with E-state index in [2.05, 4.69) is 21.7 Å². The summed E-state index contributed by atoms with van der Waals surface area (Å²) in [5.74, 6) is 2.10. The molecule has 8 nitrogen and oxygen atoms in total. The first-order valence-corrected chi connectivity index (χ1v) is 11.8. The van der Waals surface area contributed by atoms with Gasteiger partial charge in [0.15, 0.2) is 11.5 Å². The number of hydrogen-bond acceptors (Lipinski definition) is 6. The molecule has 0 saturated heterocycles. The van der Waals surface area contributed by atoms with Crippen LogP contribution in [-0.4, -0.2) is 43.1 Å². The molecule has 2 amide bonds. The molecule has 2 heterocycles. The van der Waals surface area contributed by atoms with Crippen molar-refractivity contribution in [2.45, 2.75) is 31.7 Å². The SMILES string of the molecule is CNC(=O)c1cc(Oc2ccc3c(c2)CC(NC(=O)c2ccc4c(c2)OCCCO4)CC3)ccn1. The third-order valence-electron chi connectivity index (χ3n) is 6.18. The minimum absolute atomic E-state index is 0.0157. The van der Waals surface area contributed by atoms with Gasteiger partial charge >= 0.3 is 0 Å². The highest BCUT2D eigenvalue weighted by molar-refractivity contribution is 5.95. The van der Waals surface area contributed by atoms with Crippen molar-refractivity contribution in [1.29, 1.82) is 0 Å².